The minimum absolute atomic E-state index is 0.110. The molecule has 0 amide bonds. The molecule has 0 radical (unpaired) electrons. The van der Waals surface area contributed by atoms with Gasteiger partial charge >= 0.3 is 17.9 Å². The number of carbonyl (C=O) groups excluding carboxylic acids is 3. The quantitative estimate of drug-likeness (QED) is 0.0261. The molecule has 0 aromatic carbocycles. The molecule has 0 rings (SSSR count). The van der Waals surface area contributed by atoms with E-state index in [0.29, 0.717) is 19.3 Å². The maximum absolute atomic E-state index is 12.9. The van der Waals surface area contributed by atoms with E-state index in [9.17, 15) is 14.4 Å². The van der Waals surface area contributed by atoms with Crippen molar-refractivity contribution in [3.8, 4) is 0 Å². The van der Waals surface area contributed by atoms with Crippen LogP contribution < -0.4 is 0 Å². The summed E-state index contributed by atoms with van der Waals surface area (Å²) in [6.45, 7) is 6.34. The maximum atomic E-state index is 12.9. The summed E-state index contributed by atoms with van der Waals surface area (Å²) in [4.78, 5) is 38.3. The second kappa shape index (κ2) is 61.8. The highest BCUT2D eigenvalue weighted by molar-refractivity contribution is 5.71. The summed E-state index contributed by atoms with van der Waals surface area (Å²) in [5.41, 5.74) is 0. The Bertz CT molecular complexity index is 1660. The van der Waals surface area contributed by atoms with Gasteiger partial charge in [-0.05, 0) is 141 Å². The van der Waals surface area contributed by atoms with E-state index in [1.807, 2.05) is 0 Å². The summed E-state index contributed by atoms with van der Waals surface area (Å²) >= 11 is 0. The molecule has 75 heavy (non-hydrogen) atoms. The molecule has 0 aliphatic carbocycles. The number of rotatable bonds is 53. The van der Waals surface area contributed by atoms with Crippen molar-refractivity contribution in [3.63, 3.8) is 0 Å². The summed E-state index contributed by atoms with van der Waals surface area (Å²) in [5, 5.41) is 0. The molecule has 0 aliphatic heterocycles. The highest BCUT2D eigenvalue weighted by Gasteiger charge is 2.19. The maximum Gasteiger partial charge on any atom is 0.306 e. The van der Waals surface area contributed by atoms with Crippen LogP contribution in [0, 0.1) is 0 Å². The van der Waals surface area contributed by atoms with Gasteiger partial charge in [0, 0.05) is 19.3 Å². The molecule has 1 unspecified atom stereocenters. The summed E-state index contributed by atoms with van der Waals surface area (Å²) in [6.07, 6.45) is 88.4. The van der Waals surface area contributed by atoms with E-state index in [1.54, 1.807) is 0 Å². The Balaban J connectivity index is 4.54. The fourth-order valence-corrected chi connectivity index (χ4v) is 7.82. The Kier molecular flexibility index (Phi) is 58.0. The smallest absolute Gasteiger partial charge is 0.306 e. The molecule has 0 saturated heterocycles. The molecular formula is C69H110O6. The van der Waals surface area contributed by atoms with Crippen molar-refractivity contribution in [1.29, 1.82) is 0 Å². The van der Waals surface area contributed by atoms with Crippen LogP contribution >= 0.6 is 0 Å². The predicted octanol–water partition coefficient (Wildman–Crippen LogP) is 20.8. The van der Waals surface area contributed by atoms with Gasteiger partial charge in [0.1, 0.15) is 13.2 Å². The Hall–Kier alpha value is -4.71. The molecule has 0 fully saturated rings. The fraction of sp³-hybridized carbons (Fsp3) is 0.609. The second-order valence-electron chi connectivity index (χ2n) is 19.5. The van der Waals surface area contributed by atoms with Crippen LogP contribution in [0.1, 0.15) is 252 Å². The number of carbonyl (C=O) groups is 3. The SMILES string of the molecule is CC/C=C\C/C=C\C/C=C\C/C=C\C/C=C\C/C=C\CCCCC(=O)OCC(COC(=O)CCCCCCC/C=C\CCCCCCCC)OC(=O)CCCCCCC/C=C\C/C=C\C/C=C\C/C=C\C/C=C\CC. The molecule has 0 N–H and O–H groups in total. The molecule has 0 spiro atoms. The van der Waals surface area contributed by atoms with Crippen molar-refractivity contribution in [2.45, 2.75) is 258 Å². The molecule has 0 aliphatic rings. The molecule has 0 saturated carbocycles. The first-order valence-corrected chi connectivity index (χ1v) is 30.3. The second-order valence-corrected chi connectivity index (χ2v) is 19.5. The summed E-state index contributed by atoms with van der Waals surface area (Å²) in [7, 11) is 0. The van der Waals surface area contributed by atoms with Crippen LogP contribution in [0.4, 0.5) is 0 Å². The van der Waals surface area contributed by atoms with Gasteiger partial charge in [0.05, 0.1) is 0 Å². The predicted molar refractivity (Wildman–Crippen MR) is 325 cm³/mol. The molecule has 6 nitrogen and oxygen atoms in total. The Morgan fingerprint density at radius 1 is 0.280 bits per heavy atom. The van der Waals surface area contributed by atoms with E-state index in [0.717, 1.165) is 154 Å². The number of esters is 3. The number of unbranched alkanes of at least 4 members (excludes halogenated alkanes) is 18. The zero-order valence-electron chi connectivity index (χ0n) is 48.3. The van der Waals surface area contributed by atoms with Gasteiger partial charge in [-0.2, -0.15) is 0 Å². The van der Waals surface area contributed by atoms with E-state index in [4.69, 9.17) is 14.2 Å². The van der Waals surface area contributed by atoms with Gasteiger partial charge in [-0.25, -0.2) is 0 Å². The van der Waals surface area contributed by atoms with Gasteiger partial charge in [0.15, 0.2) is 6.10 Å². The van der Waals surface area contributed by atoms with Gasteiger partial charge < -0.3 is 14.2 Å². The molecule has 0 aromatic rings. The zero-order chi connectivity index (χ0) is 54.3. The van der Waals surface area contributed by atoms with E-state index in [-0.39, 0.29) is 37.5 Å². The van der Waals surface area contributed by atoms with Crippen molar-refractivity contribution in [3.05, 3.63) is 146 Å². The molecule has 422 valence electrons. The molecule has 0 aromatic heterocycles. The standard InChI is InChI=1S/C69H110O6/c1-4-7-10-13-16-19-22-25-28-30-32-34-36-38-41-44-47-50-53-56-59-62-68(71)74-65-66(64-73-67(70)61-58-55-52-49-46-43-40-27-24-21-18-15-12-9-6-3)75-69(72)63-60-57-54-51-48-45-42-39-37-35-33-31-29-26-23-20-17-14-11-8-5-2/h7-8,10-11,16-17,19-20,25-29,32-35,38-42,47,50,66H,4-6,9,12-15,18,21-24,30-31,36-37,43-46,48-49,51-65H2,1-3H3/b10-7-,11-8-,19-16-,20-17-,28-25-,29-26-,34-32-,35-33-,40-27-,41-38-,42-39-,50-47-. The highest BCUT2D eigenvalue weighted by atomic mass is 16.6. The average molecular weight is 1040 g/mol. The number of allylic oxidation sites excluding steroid dienone is 24. The minimum Gasteiger partial charge on any atom is -0.462 e. The van der Waals surface area contributed by atoms with Crippen molar-refractivity contribution in [1.82, 2.24) is 0 Å². The van der Waals surface area contributed by atoms with E-state index in [2.05, 4.69) is 167 Å². The van der Waals surface area contributed by atoms with Gasteiger partial charge in [0.25, 0.3) is 0 Å². The van der Waals surface area contributed by atoms with Crippen LogP contribution in [0.5, 0.6) is 0 Å². The lowest BCUT2D eigenvalue weighted by Gasteiger charge is -2.18. The lowest BCUT2D eigenvalue weighted by atomic mass is 10.1. The third-order valence-electron chi connectivity index (χ3n) is 12.3. The molecule has 1 atom stereocenters. The van der Waals surface area contributed by atoms with Crippen LogP contribution in [0.3, 0.4) is 0 Å². The van der Waals surface area contributed by atoms with Crippen molar-refractivity contribution >= 4 is 17.9 Å². The third-order valence-corrected chi connectivity index (χ3v) is 12.3. The molecule has 0 heterocycles. The molecule has 6 heteroatoms. The van der Waals surface area contributed by atoms with E-state index < -0.39 is 6.10 Å². The first kappa shape index (κ1) is 70.3. The van der Waals surface area contributed by atoms with Crippen LogP contribution in [0.25, 0.3) is 0 Å². The first-order valence-electron chi connectivity index (χ1n) is 30.3. The zero-order valence-corrected chi connectivity index (χ0v) is 48.3. The number of ether oxygens (including phenoxy) is 3. The summed E-state index contributed by atoms with van der Waals surface area (Å²) in [5.74, 6) is -0.985. The summed E-state index contributed by atoms with van der Waals surface area (Å²) < 4.78 is 16.8. The summed E-state index contributed by atoms with van der Waals surface area (Å²) in [6, 6.07) is 0. The molecule has 0 bridgehead atoms. The number of hydrogen-bond donors (Lipinski definition) is 0. The Morgan fingerprint density at radius 3 is 0.853 bits per heavy atom. The topological polar surface area (TPSA) is 78.9 Å². The monoisotopic (exact) mass is 1030 g/mol. The van der Waals surface area contributed by atoms with Gasteiger partial charge in [-0.1, -0.05) is 237 Å². The van der Waals surface area contributed by atoms with Gasteiger partial charge in [-0.15, -0.1) is 0 Å². The van der Waals surface area contributed by atoms with Crippen molar-refractivity contribution in [2.75, 3.05) is 13.2 Å². The van der Waals surface area contributed by atoms with Crippen LogP contribution in [0.2, 0.25) is 0 Å². The Morgan fingerprint density at radius 2 is 0.520 bits per heavy atom. The molecular weight excluding hydrogens is 925 g/mol. The van der Waals surface area contributed by atoms with Crippen molar-refractivity contribution < 1.29 is 28.6 Å². The average Bonchev–Trinajstić information content (AvgIpc) is 3.41. The van der Waals surface area contributed by atoms with Gasteiger partial charge in [0.2, 0.25) is 0 Å². The van der Waals surface area contributed by atoms with E-state index >= 15 is 0 Å². The third kappa shape index (κ3) is 60.0. The number of hydrogen-bond acceptors (Lipinski definition) is 6. The largest absolute Gasteiger partial charge is 0.462 e. The first-order chi connectivity index (χ1) is 37.0. The minimum atomic E-state index is -0.818. The van der Waals surface area contributed by atoms with Crippen LogP contribution in [0.15, 0.2) is 146 Å². The van der Waals surface area contributed by atoms with Crippen LogP contribution in [-0.4, -0.2) is 37.2 Å². The fourth-order valence-electron chi connectivity index (χ4n) is 7.82. The van der Waals surface area contributed by atoms with Crippen molar-refractivity contribution in [2.24, 2.45) is 0 Å². The lowest BCUT2D eigenvalue weighted by molar-refractivity contribution is -0.167. The van der Waals surface area contributed by atoms with E-state index in [1.165, 1.54) is 51.4 Å². The van der Waals surface area contributed by atoms with Crippen LogP contribution in [-0.2, 0) is 28.6 Å². The normalized spacial score (nSPS) is 13.2. The highest BCUT2D eigenvalue weighted by Crippen LogP contribution is 2.13. The Labute approximate surface area is 461 Å². The van der Waals surface area contributed by atoms with Gasteiger partial charge in [-0.3, -0.25) is 14.4 Å². The lowest BCUT2D eigenvalue weighted by Crippen LogP contribution is -2.30.